The quantitative estimate of drug-likeness (QED) is 0.587. The number of thioether (sulfide) groups is 1. The lowest BCUT2D eigenvalue weighted by Gasteiger charge is -2.20. The van der Waals surface area contributed by atoms with Crippen LogP contribution in [0.5, 0.6) is 0 Å². The van der Waals surface area contributed by atoms with Crippen LogP contribution in [0.3, 0.4) is 0 Å². The van der Waals surface area contributed by atoms with Crippen LogP contribution < -0.4 is 0 Å². The van der Waals surface area contributed by atoms with Crippen molar-refractivity contribution in [2.75, 3.05) is 18.8 Å². The molecular weight excluding hydrogens is 338 g/mol. The highest BCUT2D eigenvalue weighted by Gasteiger charge is 2.29. The van der Waals surface area contributed by atoms with Gasteiger partial charge in [0.05, 0.1) is 0 Å². The molecule has 0 spiro atoms. The Morgan fingerprint density at radius 1 is 1.04 bits per heavy atom. The molecule has 6 heteroatoms. The number of ether oxygens (including phenoxy) is 1. The van der Waals surface area contributed by atoms with Crippen molar-refractivity contribution in [3.8, 4) is 0 Å². The van der Waals surface area contributed by atoms with Crippen molar-refractivity contribution >= 4 is 28.8 Å². The molecule has 0 aromatic heterocycles. The van der Waals surface area contributed by atoms with Gasteiger partial charge in [0.25, 0.3) is 5.24 Å². The summed E-state index contributed by atoms with van der Waals surface area (Å²) in [5.41, 5.74) is 1.07. The number of carbonyl (C=O) groups excluding carboxylic acids is 3. The largest absolute Gasteiger partial charge is 0.448 e. The molecule has 0 unspecified atom stereocenters. The normalized spacial score (nSPS) is 15.0. The van der Waals surface area contributed by atoms with Crippen LogP contribution in [-0.2, 0) is 9.53 Å². The van der Waals surface area contributed by atoms with Crippen LogP contribution in [0.4, 0.5) is 4.79 Å². The van der Waals surface area contributed by atoms with E-state index in [1.54, 1.807) is 48.5 Å². The molecule has 1 amide bonds. The minimum Gasteiger partial charge on any atom is -0.448 e. The highest BCUT2D eigenvalue weighted by Crippen LogP contribution is 2.24. The molecule has 0 saturated carbocycles. The lowest BCUT2D eigenvalue weighted by Crippen LogP contribution is -2.32. The molecule has 2 aromatic rings. The van der Waals surface area contributed by atoms with E-state index in [4.69, 9.17) is 4.74 Å². The zero-order chi connectivity index (χ0) is 17.6. The average molecular weight is 355 g/mol. The number of rotatable bonds is 6. The lowest BCUT2D eigenvalue weighted by atomic mass is 10.00. The van der Waals surface area contributed by atoms with Crippen LogP contribution in [0, 0.1) is 0 Å². The van der Waals surface area contributed by atoms with Crippen LogP contribution in [0.25, 0.3) is 0 Å². The van der Waals surface area contributed by atoms with Crippen LogP contribution in [0.2, 0.25) is 0 Å². The maximum Gasteiger partial charge on any atom is 0.326 e. The van der Waals surface area contributed by atoms with Gasteiger partial charge in [0.15, 0.2) is 6.10 Å². The van der Waals surface area contributed by atoms with Crippen molar-refractivity contribution in [1.29, 1.82) is 0 Å². The smallest absolute Gasteiger partial charge is 0.326 e. The summed E-state index contributed by atoms with van der Waals surface area (Å²) in [5.74, 6) is -0.215. The van der Waals surface area contributed by atoms with Gasteiger partial charge in [-0.05, 0) is 0 Å². The average Bonchev–Trinajstić information content (AvgIpc) is 3.05. The predicted molar refractivity (Wildman–Crippen MR) is 95.5 cm³/mol. The first-order valence-electron chi connectivity index (χ1n) is 7.90. The Bertz CT molecular complexity index is 764. The summed E-state index contributed by atoms with van der Waals surface area (Å²) in [4.78, 5) is 38.2. The van der Waals surface area contributed by atoms with E-state index in [0.717, 1.165) is 0 Å². The van der Waals surface area contributed by atoms with Gasteiger partial charge in [-0.2, -0.15) is 0 Å². The van der Waals surface area contributed by atoms with Gasteiger partial charge in [-0.1, -0.05) is 72.4 Å². The van der Waals surface area contributed by atoms with Gasteiger partial charge in [-0.3, -0.25) is 14.4 Å². The SMILES string of the molecule is O=C(CN1CCSC1=O)O[C@@H](C(=O)c1ccccc1)c1ccccc1. The predicted octanol–water partition coefficient (Wildman–Crippen LogP) is 3.32. The van der Waals surface area contributed by atoms with Crippen molar-refractivity contribution in [3.05, 3.63) is 71.8 Å². The molecule has 0 radical (unpaired) electrons. The summed E-state index contributed by atoms with van der Waals surface area (Å²) in [6.45, 7) is 0.373. The Morgan fingerprint density at radius 3 is 2.28 bits per heavy atom. The van der Waals surface area contributed by atoms with Gasteiger partial charge in [0, 0.05) is 23.4 Å². The number of Topliss-reactive ketones (excluding diaryl/α,β-unsaturated/α-hetero) is 1. The molecule has 5 nitrogen and oxygen atoms in total. The van der Waals surface area contributed by atoms with Gasteiger partial charge in [0.2, 0.25) is 5.78 Å². The third kappa shape index (κ3) is 4.28. The number of benzene rings is 2. The summed E-state index contributed by atoms with van der Waals surface area (Å²) in [6.07, 6.45) is -1.03. The summed E-state index contributed by atoms with van der Waals surface area (Å²) in [6, 6.07) is 17.6. The van der Waals surface area contributed by atoms with Gasteiger partial charge < -0.3 is 9.64 Å². The second kappa shape index (κ2) is 7.98. The number of carbonyl (C=O) groups is 3. The van der Waals surface area contributed by atoms with Crippen molar-refractivity contribution in [1.82, 2.24) is 4.90 Å². The van der Waals surface area contributed by atoms with Crippen molar-refractivity contribution in [3.63, 3.8) is 0 Å². The number of hydrogen-bond donors (Lipinski definition) is 0. The molecule has 3 rings (SSSR count). The van der Waals surface area contributed by atoms with E-state index < -0.39 is 12.1 Å². The molecular formula is C19H17NO4S. The van der Waals surface area contributed by atoms with E-state index >= 15 is 0 Å². The van der Waals surface area contributed by atoms with Crippen LogP contribution in [-0.4, -0.2) is 40.7 Å². The molecule has 1 atom stereocenters. The number of nitrogens with zero attached hydrogens (tertiary/aromatic N) is 1. The summed E-state index contributed by atoms with van der Waals surface area (Å²) in [7, 11) is 0. The van der Waals surface area contributed by atoms with E-state index in [1.807, 2.05) is 12.1 Å². The van der Waals surface area contributed by atoms with E-state index in [1.165, 1.54) is 16.7 Å². The standard InChI is InChI=1S/C19H17NO4S/c21-16(13-20-11-12-25-19(20)23)24-18(15-9-5-2-6-10-15)17(22)14-7-3-1-4-8-14/h1-10,18H,11-13H2/t18-/m1/s1. The summed E-state index contributed by atoms with van der Waals surface area (Å²) < 4.78 is 5.47. The van der Waals surface area contributed by atoms with E-state index in [-0.39, 0.29) is 17.6 Å². The van der Waals surface area contributed by atoms with Gasteiger partial charge in [0.1, 0.15) is 6.54 Å². The number of hydrogen-bond acceptors (Lipinski definition) is 5. The highest BCUT2D eigenvalue weighted by molar-refractivity contribution is 8.13. The molecule has 1 aliphatic rings. The van der Waals surface area contributed by atoms with E-state index in [2.05, 4.69) is 0 Å². The minimum absolute atomic E-state index is 0.136. The molecule has 1 heterocycles. The second-order valence-corrected chi connectivity index (χ2v) is 6.59. The Morgan fingerprint density at radius 2 is 1.68 bits per heavy atom. The summed E-state index contributed by atoms with van der Waals surface area (Å²) >= 11 is 1.18. The first kappa shape index (κ1) is 17.2. The maximum atomic E-state index is 12.8. The lowest BCUT2D eigenvalue weighted by molar-refractivity contribution is -0.147. The molecule has 1 fully saturated rings. The first-order valence-corrected chi connectivity index (χ1v) is 8.89. The monoisotopic (exact) mass is 355 g/mol. The minimum atomic E-state index is -1.03. The Hall–Kier alpha value is -2.60. The zero-order valence-corrected chi connectivity index (χ0v) is 14.3. The van der Waals surface area contributed by atoms with Crippen molar-refractivity contribution in [2.24, 2.45) is 0 Å². The molecule has 2 aromatic carbocycles. The van der Waals surface area contributed by atoms with Crippen LogP contribution >= 0.6 is 11.8 Å². The van der Waals surface area contributed by atoms with E-state index in [9.17, 15) is 14.4 Å². The highest BCUT2D eigenvalue weighted by atomic mass is 32.2. The van der Waals surface area contributed by atoms with Gasteiger partial charge >= 0.3 is 5.97 Å². The molecule has 128 valence electrons. The summed E-state index contributed by atoms with van der Waals surface area (Å²) in [5, 5.41) is -0.136. The topological polar surface area (TPSA) is 63.7 Å². The molecule has 0 N–H and O–H groups in total. The fraction of sp³-hybridized carbons (Fsp3) is 0.211. The number of esters is 1. The van der Waals surface area contributed by atoms with Crippen molar-refractivity contribution in [2.45, 2.75) is 6.10 Å². The zero-order valence-electron chi connectivity index (χ0n) is 13.5. The molecule has 0 aliphatic carbocycles. The molecule has 25 heavy (non-hydrogen) atoms. The molecule has 1 aliphatic heterocycles. The van der Waals surface area contributed by atoms with Gasteiger partial charge in [-0.15, -0.1) is 0 Å². The fourth-order valence-electron chi connectivity index (χ4n) is 2.55. The van der Waals surface area contributed by atoms with E-state index in [0.29, 0.717) is 23.4 Å². The first-order chi connectivity index (χ1) is 12.1. The van der Waals surface area contributed by atoms with Crippen molar-refractivity contribution < 1.29 is 19.1 Å². The fourth-order valence-corrected chi connectivity index (χ4v) is 3.37. The third-order valence-corrected chi connectivity index (χ3v) is 4.70. The third-order valence-electron chi connectivity index (χ3n) is 3.81. The van der Waals surface area contributed by atoms with Crippen LogP contribution in [0.1, 0.15) is 22.0 Å². The number of ketones is 1. The Kier molecular flexibility index (Phi) is 5.50. The maximum absolute atomic E-state index is 12.8. The molecule has 0 bridgehead atoms. The van der Waals surface area contributed by atoms with Gasteiger partial charge in [-0.25, -0.2) is 0 Å². The molecule has 1 saturated heterocycles. The number of amides is 1. The second-order valence-electron chi connectivity index (χ2n) is 5.55. The Labute approximate surface area is 150 Å². The Balaban J connectivity index is 1.78. The van der Waals surface area contributed by atoms with Crippen LogP contribution in [0.15, 0.2) is 60.7 Å².